The molecule has 0 saturated heterocycles. The van der Waals surface area contributed by atoms with Crippen LogP contribution in [0.5, 0.6) is 0 Å². The van der Waals surface area contributed by atoms with Crippen LogP contribution in [0.25, 0.3) is 0 Å². The largest absolute Gasteiger partial charge is 0.320 e. The van der Waals surface area contributed by atoms with Crippen molar-refractivity contribution >= 4 is 21.4 Å². The van der Waals surface area contributed by atoms with Gasteiger partial charge in [0.05, 0.1) is 6.54 Å². The minimum absolute atomic E-state index is 0.0977. The van der Waals surface area contributed by atoms with E-state index in [2.05, 4.69) is 21.5 Å². The zero-order valence-corrected chi connectivity index (χ0v) is 13.1. The van der Waals surface area contributed by atoms with Crippen LogP contribution >= 0.6 is 11.3 Å². The predicted molar refractivity (Wildman–Crippen MR) is 83.3 cm³/mol. The van der Waals surface area contributed by atoms with E-state index in [9.17, 15) is 8.42 Å². The molecule has 7 heteroatoms. The fourth-order valence-corrected chi connectivity index (χ4v) is 3.54. The third-order valence-corrected chi connectivity index (χ3v) is 5.14. The van der Waals surface area contributed by atoms with Crippen molar-refractivity contribution in [2.24, 2.45) is 5.73 Å². The maximum atomic E-state index is 12.2. The first kappa shape index (κ1) is 15.7. The number of nitrogens with two attached hydrogens (primary N) is 1. The molecular weight excluding hydrogens is 306 g/mol. The summed E-state index contributed by atoms with van der Waals surface area (Å²) in [6.45, 7) is 2.43. The van der Waals surface area contributed by atoms with Crippen molar-refractivity contribution in [3.63, 3.8) is 0 Å². The van der Waals surface area contributed by atoms with Crippen molar-refractivity contribution in [3.8, 4) is 11.8 Å². The summed E-state index contributed by atoms with van der Waals surface area (Å²) >= 11 is 1.52. The number of nitrogens with one attached hydrogen (secondary N) is 1. The first-order valence-corrected chi connectivity index (χ1v) is 8.56. The molecule has 5 nitrogen and oxygen atoms in total. The van der Waals surface area contributed by atoms with E-state index in [4.69, 9.17) is 5.73 Å². The van der Waals surface area contributed by atoms with Gasteiger partial charge in [0.25, 0.3) is 0 Å². The number of rotatable bonds is 4. The van der Waals surface area contributed by atoms with Crippen molar-refractivity contribution in [2.45, 2.75) is 18.4 Å². The summed E-state index contributed by atoms with van der Waals surface area (Å²) in [6.07, 6.45) is 2.81. The van der Waals surface area contributed by atoms with Gasteiger partial charge >= 0.3 is 0 Å². The van der Waals surface area contributed by atoms with Crippen molar-refractivity contribution in [3.05, 3.63) is 45.9 Å². The van der Waals surface area contributed by atoms with Crippen LogP contribution in [-0.2, 0) is 16.6 Å². The maximum Gasteiger partial charge on any atom is 0.242 e. The number of pyridine rings is 1. The highest BCUT2D eigenvalue weighted by molar-refractivity contribution is 7.89. The van der Waals surface area contributed by atoms with E-state index in [1.54, 1.807) is 0 Å². The third kappa shape index (κ3) is 4.12. The Bertz CT molecular complexity index is 786. The third-order valence-electron chi connectivity index (χ3n) is 2.75. The number of hydrogen-bond donors (Lipinski definition) is 2. The predicted octanol–water partition coefficient (Wildman–Crippen LogP) is 1.24. The number of thiophene rings is 1. The first-order valence-electron chi connectivity index (χ1n) is 6.19. The number of aromatic nitrogens is 1. The molecule has 0 aliphatic rings. The van der Waals surface area contributed by atoms with Crippen LogP contribution in [0, 0.1) is 18.8 Å². The fraction of sp³-hybridized carbons (Fsp3) is 0.214. The molecule has 0 spiro atoms. The topological polar surface area (TPSA) is 85.1 Å². The molecular formula is C14H15N3O2S2. The molecule has 2 heterocycles. The molecule has 0 aromatic carbocycles. The van der Waals surface area contributed by atoms with E-state index in [0.29, 0.717) is 5.56 Å². The van der Waals surface area contributed by atoms with Gasteiger partial charge in [-0.25, -0.2) is 13.1 Å². The quantitative estimate of drug-likeness (QED) is 0.830. The smallest absolute Gasteiger partial charge is 0.242 e. The molecule has 0 radical (unpaired) electrons. The number of nitrogens with zero attached hydrogens (tertiary/aromatic N) is 1. The Hall–Kier alpha value is -1.72. The van der Waals surface area contributed by atoms with Crippen LogP contribution in [-0.4, -0.2) is 19.9 Å². The Kier molecular flexibility index (Phi) is 5.09. The minimum Gasteiger partial charge on any atom is -0.320 e. The summed E-state index contributed by atoms with van der Waals surface area (Å²) in [5.74, 6) is 5.44. The van der Waals surface area contributed by atoms with Gasteiger partial charge in [-0.15, -0.1) is 11.3 Å². The summed E-state index contributed by atoms with van der Waals surface area (Å²) in [6, 6.07) is 3.44. The first-order chi connectivity index (χ1) is 10.0. The lowest BCUT2D eigenvalue weighted by molar-refractivity contribution is 0.581. The Morgan fingerprint density at radius 2 is 2.24 bits per heavy atom. The van der Waals surface area contributed by atoms with E-state index >= 15 is 0 Å². The van der Waals surface area contributed by atoms with Gasteiger partial charge in [0.1, 0.15) is 4.90 Å². The van der Waals surface area contributed by atoms with Gasteiger partial charge in [-0.1, -0.05) is 11.8 Å². The van der Waals surface area contributed by atoms with Crippen molar-refractivity contribution in [1.82, 2.24) is 9.71 Å². The molecule has 0 unspecified atom stereocenters. The van der Waals surface area contributed by atoms with Crippen LogP contribution in [0.1, 0.15) is 16.0 Å². The SMILES string of the molecule is Cc1ccsc1CNS(=O)(=O)c1cncc(C#CCN)c1. The minimum atomic E-state index is -3.61. The average Bonchev–Trinajstić information content (AvgIpc) is 2.89. The molecule has 2 aromatic heterocycles. The van der Waals surface area contributed by atoms with Crippen LogP contribution < -0.4 is 10.5 Å². The standard InChI is InChI=1S/C14H15N3O2S2/c1-11-4-6-20-14(11)10-17-21(18,19)13-7-12(3-2-5-15)8-16-9-13/h4,6-9,17H,5,10,15H2,1H3. The molecule has 0 saturated carbocycles. The second kappa shape index (κ2) is 6.83. The fourth-order valence-electron chi connectivity index (χ4n) is 1.62. The van der Waals surface area contributed by atoms with Gasteiger partial charge < -0.3 is 5.73 Å². The summed E-state index contributed by atoms with van der Waals surface area (Å²) in [4.78, 5) is 5.00. The maximum absolute atomic E-state index is 12.2. The lowest BCUT2D eigenvalue weighted by Crippen LogP contribution is -2.23. The van der Waals surface area contributed by atoms with E-state index in [1.807, 2.05) is 18.4 Å². The van der Waals surface area contributed by atoms with Crippen molar-refractivity contribution in [2.75, 3.05) is 6.54 Å². The molecule has 0 fully saturated rings. The van der Waals surface area contributed by atoms with Gasteiger partial charge in [-0.05, 0) is 30.0 Å². The molecule has 2 rings (SSSR count). The molecule has 110 valence electrons. The Labute approximate surface area is 128 Å². The summed E-state index contributed by atoms with van der Waals surface area (Å²) in [5, 5.41) is 1.93. The van der Waals surface area contributed by atoms with E-state index in [-0.39, 0.29) is 18.0 Å². The highest BCUT2D eigenvalue weighted by Gasteiger charge is 2.15. The van der Waals surface area contributed by atoms with E-state index in [1.165, 1.54) is 29.8 Å². The normalized spacial score (nSPS) is 11.0. The summed E-state index contributed by atoms with van der Waals surface area (Å²) in [7, 11) is -3.61. The van der Waals surface area contributed by atoms with Crippen LogP contribution in [0.15, 0.2) is 34.8 Å². The van der Waals surface area contributed by atoms with Gasteiger partial charge in [-0.3, -0.25) is 4.98 Å². The molecule has 0 amide bonds. The molecule has 21 heavy (non-hydrogen) atoms. The highest BCUT2D eigenvalue weighted by atomic mass is 32.2. The van der Waals surface area contributed by atoms with Gasteiger partial charge in [0, 0.05) is 29.4 Å². The zero-order valence-electron chi connectivity index (χ0n) is 11.5. The Morgan fingerprint density at radius 3 is 2.90 bits per heavy atom. The van der Waals surface area contributed by atoms with E-state index < -0.39 is 10.0 Å². The second-order valence-corrected chi connectivity index (χ2v) is 7.03. The Morgan fingerprint density at radius 1 is 1.43 bits per heavy atom. The monoisotopic (exact) mass is 321 g/mol. The lowest BCUT2D eigenvalue weighted by atomic mass is 10.3. The highest BCUT2D eigenvalue weighted by Crippen LogP contribution is 2.16. The van der Waals surface area contributed by atoms with Gasteiger partial charge in [0.15, 0.2) is 0 Å². The molecule has 0 atom stereocenters. The Balaban J connectivity index is 2.17. The van der Waals surface area contributed by atoms with Crippen molar-refractivity contribution in [1.29, 1.82) is 0 Å². The van der Waals surface area contributed by atoms with Crippen molar-refractivity contribution < 1.29 is 8.42 Å². The van der Waals surface area contributed by atoms with Crippen LogP contribution in [0.2, 0.25) is 0 Å². The van der Waals surface area contributed by atoms with Crippen LogP contribution in [0.3, 0.4) is 0 Å². The van der Waals surface area contributed by atoms with Gasteiger partial charge in [-0.2, -0.15) is 0 Å². The second-order valence-electron chi connectivity index (χ2n) is 4.27. The summed E-state index contributed by atoms with van der Waals surface area (Å²) < 4.78 is 27.1. The summed E-state index contributed by atoms with van der Waals surface area (Å²) in [5.41, 5.74) is 6.89. The van der Waals surface area contributed by atoms with Crippen LogP contribution in [0.4, 0.5) is 0 Å². The van der Waals surface area contributed by atoms with Gasteiger partial charge in [0.2, 0.25) is 10.0 Å². The number of aryl methyl sites for hydroxylation is 1. The molecule has 0 aliphatic heterocycles. The lowest BCUT2D eigenvalue weighted by Gasteiger charge is -2.06. The van der Waals surface area contributed by atoms with E-state index in [0.717, 1.165) is 10.4 Å². The number of sulfonamides is 1. The number of hydrogen-bond acceptors (Lipinski definition) is 5. The zero-order chi connectivity index (χ0) is 15.3. The molecule has 3 N–H and O–H groups in total. The molecule has 0 bridgehead atoms. The molecule has 2 aromatic rings. The molecule has 0 aliphatic carbocycles. The average molecular weight is 321 g/mol.